The molecule has 3 N–H and O–H groups in total. The second kappa shape index (κ2) is 11.3. The van der Waals surface area contributed by atoms with Crippen LogP contribution in [0.4, 0.5) is 5.69 Å². The van der Waals surface area contributed by atoms with Crippen molar-refractivity contribution in [3.63, 3.8) is 0 Å². The summed E-state index contributed by atoms with van der Waals surface area (Å²) < 4.78 is 0. The van der Waals surface area contributed by atoms with Crippen LogP contribution in [0.3, 0.4) is 0 Å². The van der Waals surface area contributed by atoms with Crippen LogP contribution in [-0.2, 0) is 9.59 Å². The first-order valence-electron chi connectivity index (χ1n) is 12.3. The normalized spacial score (nSPS) is 21.4. The molecule has 3 atom stereocenters. The number of hydrogen-bond donors (Lipinski definition) is 2. The standard InChI is InChI=1S/C26H31N5O5/c27-24(32)23(18-8-2-1-3-9-18)28-25(33)19-10-4-6-12-21(19)29-14-16-30(17-15-29)26(34)20-11-5-7-13-22(20)31(35)36/h1-3,5,7-9,11,13,19,21,23H,4,6,10,12,14-17H2,(H2,27,32)(H,28,33)/t19-,21-,23+/m1/s1. The minimum atomic E-state index is -0.891. The van der Waals surface area contributed by atoms with Crippen LogP contribution in [0.5, 0.6) is 0 Å². The number of nitrogens with zero attached hydrogens (tertiary/aromatic N) is 3. The van der Waals surface area contributed by atoms with E-state index in [-0.39, 0.29) is 35.0 Å². The monoisotopic (exact) mass is 493 g/mol. The van der Waals surface area contributed by atoms with Gasteiger partial charge in [-0.3, -0.25) is 29.4 Å². The molecule has 1 aliphatic heterocycles. The topological polar surface area (TPSA) is 139 Å². The minimum absolute atomic E-state index is 0.00800. The molecule has 2 aromatic rings. The van der Waals surface area contributed by atoms with Gasteiger partial charge < -0.3 is 16.0 Å². The van der Waals surface area contributed by atoms with Gasteiger partial charge in [-0.05, 0) is 24.5 Å². The summed E-state index contributed by atoms with van der Waals surface area (Å²) in [6.45, 7) is 1.98. The van der Waals surface area contributed by atoms with Crippen molar-refractivity contribution in [3.8, 4) is 0 Å². The van der Waals surface area contributed by atoms with E-state index in [2.05, 4.69) is 10.2 Å². The molecule has 2 aromatic carbocycles. The smallest absolute Gasteiger partial charge is 0.282 e. The summed E-state index contributed by atoms with van der Waals surface area (Å²) in [7, 11) is 0. The number of nitro groups is 1. The molecule has 10 nitrogen and oxygen atoms in total. The zero-order chi connectivity index (χ0) is 25.7. The SMILES string of the molecule is NC(=O)[C@@H](NC(=O)[C@@H]1CCCC[C@H]1N1CCN(C(=O)c2ccccc2[N+](=O)[O-])CC1)c1ccccc1. The molecule has 1 saturated heterocycles. The molecular formula is C26H31N5O5. The second-order valence-electron chi connectivity index (χ2n) is 9.32. The summed E-state index contributed by atoms with van der Waals surface area (Å²) in [5, 5.41) is 14.2. The molecule has 0 unspecified atom stereocenters. The number of hydrogen-bond acceptors (Lipinski definition) is 6. The number of piperazine rings is 1. The number of nitrogens with one attached hydrogen (secondary N) is 1. The Morgan fingerprint density at radius 2 is 1.58 bits per heavy atom. The highest BCUT2D eigenvalue weighted by Gasteiger charge is 2.38. The number of primary amides is 1. The fraction of sp³-hybridized carbons (Fsp3) is 0.423. The third-order valence-corrected chi connectivity index (χ3v) is 7.17. The maximum Gasteiger partial charge on any atom is 0.282 e. The summed E-state index contributed by atoms with van der Waals surface area (Å²) in [4.78, 5) is 53.1. The molecule has 190 valence electrons. The Labute approximate surface area is 209 Å². The molecule has 36 heavy (non-hydrogen) atoms. The van der Waals surface area contributed by atoms with E-state index in [9.17, 15) is 24.5 Å². The Bertz CT molecular complexity index is 1120. The van der Waals surface area contributed by atoms with Crippen molar-refractivity contribution < 1.29 is 19.3 Å². The number of amides is 3. The van der Waals surface area contributed by atoms with Crippen molar-refractivity contribution in [2.45, 2.75) is 37.8 Å². The van der Waals surface area contributed by atoms with Gasteiger partial charge in [-0.1, -0.05) is 55.3 Å². The third-order valence-electron chi connectivity index (χ3n) is 7.17. The van der Waals surface area contributed by atoms with Gasteiger partial charge in [0.25, 0.3) is 11.6 Å². The van der Waals surface area contributed by atoms with Crippen LogP contribution in [0.15, 0.2) is 54.6 Å². The first kappa shape index (κ1) is 25.3. The number of nitrogens with two attached hydrogens (primary N) is 1. The summed E-state index contributed by atoms with van der Waals surface area (Å²) >= 11 is 0. The van der Waals surface area contributed by atoms with Crippen molar-refractivity contribution in [3.05, 3.63) is 75.8 Å². The molecular weight excluding hydrogens is 462 g/mol. The Morgan fingerprint density at radius 1 is 0.944 bits per heavy atom. The van der Waals surface area contributed by atoms with Gasteiger partial charge in [0, 0.05) is 38.3 Å². The first-order chi connectivity index (χ1) is 17.4. The van der Waals surface area contributed by atoms with E-state index in [1.54, 1.807) is 41.3 Å². The average molecular weight is 494 g/mol. The number of carbonyl (C=O) groups is 3. The molecule has 0 spiro atoms. The lowest BCUT2D eigenvalue weighted by atomic mass is 9.82. The van der Waals surface area contributed by atoms with Crippen LogP contribution in [0.2, 0.25) is 0 Å². The van der Waals surface area contributed by atoms with Gasteiger partial charge in [0.15, 0.2) is 0 Å². The molecule has 0 radical (unpaired) electrons. The summed E-state index contributed by atoms with van der Waals surface area (Å²) in [6.07, 6.45) is 3.49. The summed E-state index contributed by atoms with van der Waals surface area (Å²) in [6, 6.07) is 14.0. The molecule has 0 bridgehead atoms. The maximum atomic E-state index is 13.3. The lowest BCUT2D eigenvalue weighted by molar-refractivity contribution is -0.385. The predicted molar refractivity (Wildman–Crippen MR) is 133 cm³/mol. The quantitative estimate of drug-likeness (QED) is 0.448. The highest BCUT2D eigenvalue weighted by Crippen LogP contribution is 2.31. The van der Waals surface area contributed by atoms with Gasteiger partial charge in [-0.2, -0.15) is 0 Å². The summed E-state index contributed by atoms with van der Waals surface area (Å²) in [5.74, 6) is -1.44. The van der Waals surface area contributed by atoms with Gasteiger partial charge in [0.2, 0.25) is 11.8 Å². The highest BCUT2D eigenvalue weighted by atomic mass is 16.6. The molecule has 1 aliphatic carbocycles. The van der Waals surface area contributed by atoms with Crippen molar-refractivity contribution in [2.24, 2.45) is 11.7 Å². The van der Waals surface area contributed by atoms with Crippen LogP contribution in [-0.4, -0.2) is 64.7 Å². The Morgan fingerprint density at radius 3 is 2.25 bits per heavy atom. The fourth-order valence-corrected chi connectivity index (χ4v) is 5.31. The number of nitro benzene ring substituents is 1. The van der Waals surface area contributed by atoms with Gasteiger partial charge in [0.1, 0.15) is 11.6 Å². The van der Waals surface area contributed by atoms with E-state index in [1.165, 1.54) is 12.1 Å². The van der Waals surface area contributed by atoms with Crippen LogP contribution < -0.4 is 11.1 Å². The van der Waals surface area contributed by atoms with Gasteiger partial charge in [0.05, 0.1) is 10.8 Å². The molecule has 1 heterocycles. The largest absolute Gasteiger partial charge is 0.368 e. The fourth-order valence-electron chi connectivity index (χ4n) is 5.31. The van der Waals surface area contributed by atoms with Gasteiger partial charge >= 0.3 is 0 Å². The van der Waals surface area contributed by atoms with Crippen molar-refractivity contribution in [2.75, 3.05) is 26.2 Å². The molecule has 2 fully saturated rings. The summed E-state index contributed by atoms with van der Waals surface area (Å²) in [5.41, 5.74) is 6.14. The number of rotatable bonds is 7. The Balaban J connectivity index is 1.41. The minimum Gasteiger partial charge on any atom is -0.368 e. The van der Waals surface area contributed by atoms with E-state index in [0.717, 1.165) is 19.3 Å². The van der Waals surface area contributed by atoms with E-state index in [0.29, 0.717) is 38.2 Å². The van der Waals surface area contributed by atoms with Crippen molar-refractivity contribution in [1.29, 1.82) is 0 Å². The molecule has 3 amide bonds. The second-order valence-corrected chi connectivity index (χ2v) is 9.32. The predicted octanol–water partition coefficient (Wildman–Crippen LogP) is 2.25. The van der Waals surface area contributed by atoms with Crippen LogP contribution in [0.25, 0.3) is 0 Å². The zero-order valence-corrected chi connectivity index (χ0v) is 20.0. The lowest BCUT2D eigenvalue weighted by Gasteiger charge is -2.43. The van der Waals surface area contributed by atoms with E-state index in [4.69, 9.17) is 5.73 Å². The van der Waals surface area contributed by atoms with E-state index in [1.807, 2.05) is 6.07 Å². The molecule has 0 aromatic heterocycles. The highest BCUT2D eigenvalue weighted by molar-refractivity contribution is 5.98. The molecule has 10 heteroatoms. The van der Waals surface area contributed by atoms with Crippen LogP contribution >= 0.6 is 0 Å². The Hall–Kier alpha value is -3.79. The zero-order valence-electron chi connectivity index (χ0n) is 20.0. The van der Waals surface area contributed by atoms with Gasteiger partial charge in [-0.25, -0.2) is 0 Å². The van der Waals surface area contributed by atoms with E-state index < -0.39 is 16.9 Å². The molecule has 2 aliphatic rings. The van der Waals surface area contributed by atoms with Crippen LogP contribution in [0.1, 0.15) is 47.6 Å². The average Bonchev–Trinajstić information content (AvgIpc) is 2.91. The first-order valence-corrected chi connectivity index (χ1v) is 12.3. The lowest BCUT2D eigenvalue weighted by Crippen LogP contribution is -2.56. The number of carbonyl (C=O) groups excluding carboxylic acids is 3. The third kappa shape index (κ3) is 5.54. The van der Waals surface area contributed by atoms with Crippen LogP contribution in [0, 0.1) is 16.0 Å². The van der Waals surface area contributed by atoms with E-state index >= 15 is 0 Å². The Kier molecular flexibility index (Phi) is 7.94. The number of para-hydroxylation sites is 1. The van der Waals surface area contributed by atoms with Crippen molar-refractivity contribution in [1.82, 2.24) is 15.1 Å². The number of benzene rings is 2. The van der Waals surface area contributed by atoms with Crippen molar-refractivity contribution >= 4 is 23.4 Å². The molecule has 1 saturated carbocycles. The van der Waals surface area contributed by atoms with Gasteiger partial charge in [-0.15, -0.1) is 0 Å². The maximum absolute atomic E-state index is 13.3. The molecule has 4 rings (SSSR count).